The summed E-state index contributed by atoms with van der Waals surface area (Å²) in [5, 5.41) is 0. The lowest BCUT2D eigenvalue weighted by molar-refractivity contribution is 0.0216. The van der Waals surface area contributed by atoms with Crippen molar-refractivity contribution in [3.63, 3.8) is 0 Å². The lowest BCUT2D eigenvalue weighted by atomic mass is 10.4. The minimum atomic E-state index is -3.97. The van der Waals surface area contributed by atoms with Crippen LogP contribution in [0, 0.1) is 0 Å². The van der Waals surface area contributed by atoms with E-state index in [-0.39, 0.29) is 25.4 Å². The van der Waals surface area contributed by atoms with Crippen LogP contribution in [0.3, 0.4) is 0 Å². The molecule has 0 rings (SSSR count). The Balaban J connectivity index is 3.88. The van der Waals surface area contributed by atoms with Crippen molar-refractivity contribution in [3.8, 4) is 0 Å². The zero-order chi connectivity index (χ0) is 13.3. The summed E-state index contributed by atoms with van der Waals surface area (Å²) < 4.78 is 42.1. The molecule has 2 atom stereocenters. The second-order valence-corrected chi connectivity index (χ2v) is 4.80. The average Bonchev–Trinajstić information content (AvgIpc) is 2.25. The Morgan fingerprint density at radius 3 is 1.53 bits per heavy atom. The van der Waals surface area contributed by atoms with Crippen molar-refractivity contribution in [1.82, 2.24) is 0 Å². The van der Waals surface area contributed by atoms with Gasteiger partial charge in [-0.3, -0.25) is 0 Å². The van der Waals surface area contributed by atoms with Gasteiger partial charge in [-0.05, 0) is 27.7 Å². The van der Waals surface area contributed by atoms with Crippen LogP contribution in [-0.4, -0.2) is 47.1 Å². The molecule has 6 nitrogen and oxygen atoms in total. The summed E-state index contributed by atoms with van der Waals surface area (Å²) in [7, 11) is -3.97. The summed E-state index contributed by atoms with van der Waals surface area (Å²) in [5.74, 6) is 0. The highest BCUT2D eigenvalue weighted by Crippen LogP contribution is 2.02. The van der Waals surface area contributed by atoms with E-state index >= 15 is 0 Å². The van der Waals surface area contributed by atoms with Crippen LogP contribution in [0.15, 0.2) is 0 Å². The van der Waals surface area contributed by atoms with Gasteiger partial charge in [-0.1, -0.05) is 0 Å². The van der Waals surface area contributed by atoms with Gasteiger partial charge in [0.1, 0.15) is 0 Å². The molecule has 0 saturated carbocycles. The quantitative estimate of drug-likeness (QED) is 0.592. The maximum atomic E-state index is 11.3. The second-order valence-electron chi connectivity index (χ2n) is 3.51. The normalized spacial score (nSPS) is 15.8. The van der Waals surface area contributed by atoms with Crippen LogP contribution in [-0.2, 0) is 28.2 Å². The zero-order valence-electron chi connectivity index (χ0n) is 10.8. The minimum absolute atomic E-state index is 0.0564. The lowest BCUT2D eigenvalue weighted by Gasteiger charge is -2.14. The molecule has 104 valence electrons. The van der Waals surface area contributed by atoms with E-state index in [0.29, 0.717) is 13.2 Å². The Morgan fingerprint density at radius 2 is 1.24 bits per heavy atom. The van der Waals surface area contributed by atoms with Crippen LogP contribution in [0.1, 0.15) is 27.7 Å². The van der Waals surface area contributed by atoms with E-state index < -0.39 is 10.4 Å². The number of rotatable bonds is 10. The van der Waals surface area contributed by atoms with Crippen LogP contribution in [0.2, 0.25) is 0 Å². The topological polar surface area (TPSA) is 71.1 Å². The Labute approximate surface area is 104 Å². The van der Waals surface area contributed by atoms with Crippen LogP contribution in [0.25, 0.3) is 0 Å². The van der Waals surface area contributed by atoms with Gasteiger partial charge in [0.2, 0.25) is 0 Å². The van der Waals surface area contributed by atoms with Gasteiger partial charge in [-0.25, -0.2) is 8.37 Å². The molecule has 0 aliphatic carbocycles. The largest absolute Gasteiger partial charge is 0.400 e. The second kappa shape index (κ2) is 8.82. The van der Waals surface area contributed by atoms with Gasteiger partial charge < -0.3 is 9.47 Å². The van der Waals surface area contributed by atoms with E-state index in [2.05, 4.69) is 8.37 Å². The van der Waals surface area contributed by atoms with Gasteiger partial charge in [0.05, 0.1) is 25.4 Å². The Hall–Kier alpha value is -0.210. The number of hydrogen-bond donors (Lipinski definition) is 0. The molecule has 0 aromatic carbocycles. The van der Waals surface area contributed by atoms with Gasteiger partial charge >= 0.3 is 10.4 Å². The first-order valence-corrected chi connectivity index (χ1v) is 7.01. The summed E-state index contributed by atoms with van der Waals surface area (Å²) in [5.41, 5.74) is 0. The lowest BCUT2D eigenvalue weighted by Crippen LogP contribution is -2.24. The first-order chi connectivity index (χ1) is 7.91. The molecule has 0 aromatic rings. The van der Waals surface area contributed by atoms with E-state index in [0.717, 1.165) is 0 Å². The Morgan fingerprint density at radius 1 is 0.882 bits per heavy atom. The van der Waals surface area contributed by atoms with Crippen molar-refractivity contribution < 1.29 is 26.3 Å². The van der Waals surface area contributed by atoms with Crippen LogP contribution in [0.4, 0.5) is 0 Å². The summed E-state index contributed by atoms with van der Waals surface area (Å²) in [6.45, 7) is 8.00. The maximum Gasteiger partial charge on any atom is 0.400 e. The first kappa shape index (κ1) is 16.8. The van der Waals surface area contributed by atoms with Crippen molar-refractivity contribution in [3.05, 3.63) is 0 Å². The van der Waals surface area contributed by atoms with E-state index in [4.69, 9.17) is 9.47 Å². The highest BCUT2D eigenvalue weighted by Gasteiger charge is 2.16. The highest BCUT2D eigenvalue weighted by atomic mass is 32.3. The zero-order valence-corrected chi connectivity index (χ0v) is 11.7. The summed E-state index contributed by atoms with van der Waals surface area (Å²) in [6.07, 6.45) is -0.578. The SMILES string of the molecule is CCOC(C)COS(=O)(=O)OCC(C)OCC. The molecule has 7 heteroatoms. The smallest absolute Gasteiger partial charge is 0.376 e. The van der Waals surface area contributed by atoms with E-state index in [9.17, 15) is 8.42 Å². The summed E-state index contributed by atoms with van der Waals surface area (Å²) in [6, 6.07) is 0. The first-order valence-electron chi connectivity index (χ1n) is 5.68. The third kappa shape index (κ3) is 9.49. The molecule has 0 radical (unpaired) electrons. The molecule has 0 fully saturated rings. The maximum absolute atomic E-state index is 11.3. The van der Waals surface area contributed by atoms with E-state index in [1.165, 1.54) is 0 Å². The standard InChI is InChI=1S/C10H22O6S/c1-5-13-9(3)7-15-17(11,12)16-8-10(4)14-6-2/h9-10H,5-8H2,1-4H3. The van der Waals surface area contributed by atoms with Crippen molar-refractivity contribution in [2.75, 3.05) is 26.4 Å². The monoisotopic (exact) mass is 270 g/mol. The minimum Gasteiger partial charge on any atom is -0.376 e. The fourth-order valence-corrected chi connectivity index (χ4v) is 1.84. The van der Waals surface area contributed by atoms with Crippen molar-refractivity contribution >= 4 is 10.4 Å². The Kier molecular flexibility index (Phi) is 8.71. The third-order valence-corrected chi connectivity index (χ3v) is 2.65. The molecule has 0 N–H and O–H groups in total. The molecule has 0 aromatic heterocycles. The molecule has 0 aliphatic rings. The molecule has 0 aliphatic heterocycles. The highest BCUT2D eigenvalue weighted by molar-refractivity contribution is 7.81. The fraction of sp³-hybridized carbons (Fsp3) is 1.00. The fourth-order valence-electron chi connectivity index (χ4n) is 1.06. The number of hydrogen-bond acceptors (Lipinski definition) is 6. The van der Waals surface area contributed by atoms with Gasteiger partial charge in [-0.15, -0.1) is 0 Å². The molecule has 0 spiro atoms. The van der Waals surface area contributed by atoms with Crippen molar-refractivity contribution in [2.45, 2.75) is 39.9 Å². The molecule has 17 heavy (non-hydrogen) atoms. The van der Waals surface area contributed by atoms with Crippen LogP contribution < -0.4 is 0 Å². The summed E-state index contributed by atoms with van der Waals surface area (Å²) in [4.78, 5) is 0. The van der Waals surface area contributed by atoms with Crippen LogP contribution >= 0.6 is 0 Å². The molecular formula is C10H22O6S. The number of ether oxygens (including phenoxy) is 2. The Bertz CT molecular complexity index is 255. The van der Waals surface area contributed by atoms with E-state index in [1.807, 2.05) is 13.8 Å². The molecule has 2 unspecified atom stereocenters. The van der Waals surface area contributed by atoms with Crippen LogP contribution in [0.5, 0.6) is 0 Å². The van der Waals surface area contributed by atoms with Gasteiger partial charge in [0.25, 0.3) is 0 Å². The van der Waals surface area contributed by atoms with Gasteiger partial charge in [-0.2, -0.15) is 8.42 Å². The summed E-state index contributed by atoms with van der Waals surface area (Å²) >= 11 is 0. The van der Waals surface area contributed by atoms with E-state index in [1.54, 1.807) is 13.8 Å². The average molecular weight is 270 g/mol. The molecule has 0 bridgehead atoms. The molecular weight excluding hydrogens is 248 g/mol. The molecule has 0 amide bonds. The third-order valence-electron chi connectivity index (χ3n) is 1.80. The van der Waals surface area contributed by atoms with Crippen molar-refractivity contribution in [2.24, 2.45) is 0 Å². The predicted octanol–water partition coefficient (Wildman–Crippen LogP) is 1.11. The predicted molar refractivity (Wildman–Crippen MR) is 63.0 cm³/mol. The molecule has 0 heterocycles. The van der Waals surface area contributed by atoms with Gasteiger partial charge in [0, 0.05) is 13.2 Å². The van der Waals surface area contributed by atoms with Gasteiger partial charge in [0.15, 0.2) is 0 Å². The molecule has 0 saturated heterocycles. The van der Waals surface area contributed by atoms with Crippen molar-refractivity contribution in [1.29, 1.82) is 0 Å².